The molecule has 0 fully saturated rings. The number of ketones is 1. The van der Waals surface area contributed by atoms with Crippen molar-refractivity contribution in [2.75, 3.05) is 0 Å². The van der Waals surface area contributed by atoms with Crippen LogP contribution < -0.4 is 10.2 Å². The van der Waals surface area contributed by atoms with Gasteiger partial charge in [0.25, 0.3) is 0 Å². The van der Waals surface area contributed by atoms with Gasteiger partial charge in [0, 0.05) is 21.0 Å². The first-order valence-electron chi connectivity index (χ1n) is 11.9. The first-order valence-corrected chi connectivity index (χ1v) is 12.7. The summed E-state index contributed by atoms with van der Waals surface area (Å²) in [6.07, 6.45) is 1.92. The van der Waals surface area contributed by atoms with Crippen molar-refractivity contribution < 1.29 is 13.8 Å². The standard InChI is InChI=1S/C31H22BrN2O3/c32-24-16-14-21(15-17-24)28(35)19-33-20-34(27-12-6-5-11-26(27)33)30(22-8-2-1-3-9-22)25-18-23-10-4-7-13-29(23)37-31(25)36/h1-18,20,30H,19H2/q+1. The van der Waals surface area contributed by atoms with E-state index in [4.69, 9.17) is 4.42 Å². The number of hydrogen-bond acceptors (Lipinski definition) is 3. The van der Waals surface area contributed by atoms with Crippen molar-refractivity contribution >= 4 is 43.7 Å². The summed E-state index contributed by atoms with van der Waals surface area (Å²) in [6.45, 7) is 0.170. The lowest BCUT2D eigenvalue weighted by Crippen LogP contribution is -2.37. The van der Waals surface area contributed by atoms with Crippen LogP contribution in [0.1, 0.15) is 27.5 Å². The fraction of sp³-hybridized carbons (Fsp3) is 0.0645. The lowest BCUT2D eigenvalue weighted by atomic mass is 9.98. The van der Waals surface area contributed by atoms with E-state index in [0.29, 0.717) is 16.7 Å². The van der Waals surface area contributed by atoms with Crippen molar-refractivity contribution in [1.82, 2.24) is 4.57 Å². The molecular weight excluding hydrogens is 528 g/mol. The topological polar surface area (TPSA) is 56.1 Å². The van der Waals surface area contributed by atoms with E-state index < -0.39 is 6.04 Å². The van der Waals surface area contributed by atoms with Crippen molar-refractivity contribution in [3.8, 4) is 0 Å². The number of Topliss-reactive ketones (excluding diaryl/α,β-unsaturated/α-hetero) is 1. The highest BCUT2D eigenvalue weighted by Crippen LogP contribution is 2.29. The van der Waals surface area contributed by atoms with Gasteiger partial charge in [-0.3, -0.25) is 4.79 Å². The average Bonchev–Trinajstić information content (AvgIpc) is 3.28. The van der Waals surface area contributed by atoms with E-state index in [1.807, 2.05) is 114 Å². The van der Waals surface area contributed by atoms with E-state index in [1.165, 1.54) is 0 Å². The molecule has 0 aliphatic rings. The number of carbonyl (C=O) groups excluding carboxylic acids is 1. The molecule has 0 N–H and O–H groups in total. The van der Waals surface area contributed by atoms with E-state index in [1.54, 1.807) is 6.07 Å². The first-order chi connectivity index (χ1) is 18.1. The highest BCUT2D eigenvalue weighted by Gasteiger charge is 2.30. The molecule has 0 saturated heterocycles. The average molecular weight is 550 g/mol. The lowest BCUT2D eigenvalue weighted by molar-refractivity contribution is -0.658. The molecule has 0 radical (unpaired) electrons. The Balaban J connectivity index is 1.53. The minimum atomic E-state index is -0.448. The van der Waals surface area contributed by atoms with Gasteiger partial charge in [0.15, 0.2) is 23.6 Å². The van der Waals surface area contributed by atoms with Crippen LogP contribution in [-0.4, -0.2) is 10.4 Å². The number of carbonyl (C=O) groups is 1. The zero-order chi connectivity index (χ0) is 25.4. The van der Waals surface area contributed by atoms with Crippen molar-refractivity contribution in [3.05, 3.63) is 147 Å². The fourth-order valence-corrected chi connectivity index (χ4v) is 5.07. The molecule has 0 bridgehead atoms. The Kier molecular flexibility index (Phi) is 6.02. The Labute approximate surface area is 221 Å². The maximum Gasteiger partial charge on any atom is 0.344 e. The van der Waals surface area contributed by atoms with Crippen LogP contribution in [0.15, 0.2) is 129 Å². The molecule has 1 atom stereocenters. The third kappa shape index (κ3) is 4.41. The summed E-state index contributed by atoms with van der Waals surface area (Å²) in [5.41, 5.74) is 4.08. The smallest absolute Gasteiger partial charge is 0.344 e. The molecule has 180 valence electrons. The molecule has 0 aliphatic heterocycles. The van der Waals surface area contributed by atoms with Gasteiger partial charge in [0.1, 0.15) is 5.58 Å². The van der Waals surface area contributed by atoms with Gasteiger partial charge in [-0.25, -0.2) is 13.9 Å². The van der Waals surface area contributed by atoms with E-state index in [0.717, 1.165) is 26.5 Å². The predicted octanol–water partition coefficient (Wildman–Crippen LogP) is 6.32. The normalized spacial score (nSPS) is 12.1. The molecule has 6 rings (SSSR count). The van der Waals surface area contributed by atoms with Crippen LogP contribution >= 0.6 is 15.9 Å². The Bertz CT molecular complexity index is 1800. The number of imidazole rings is 1. The number of nitrogens with zero attached hydrogens (tertiary/aromatic N) is 2. The van der Waals surface area contributed by atoms with Crippen LogP contribution in [-0.2, 0) is 6.54 Å². The monoisotopic (exact) mass is 549 g/mol. The van der Waals surface area contributed by atoms with Gasteiger partial charge in [0.05, 0.1) is 5.56 Å². The van der Waals surface area contributed by atoms with Gasteiger partial charge in [-0.2, -0.15) is 0 Å². The minimum absolute atomic E-state index is 0.00174. The number of halogens is 1. The van der Waals surface area contributed by atoms with Crippen LogP contribution in [0, 0.1) is 0 Å². The zero-order valence-electron chi connectivity index (χ0n) is 19.8. The Hall–Kier alpha value is -4.29. The Morgan fingerprint density at radius 2 is 1.57 bits per heavy atom. The second-order valence-electron chi connectivity index (χ2n) is 8.91. The molecule has 37 heavy (non-hydrogen) atoms. The third-order valence-corrected chi connectivity index (χ3v) is 7.10. The SMILES string of the molecule is O=C(C[n+]1cn(C(c2ccccc2)c2cc3ccccc3oc2=O)c2ccccc21)c1ccc(Br)cc1. The van der Waals surface area contributed by atoms with Gasteiger partial charge in [0.2, 0.25) is 12.1 Å². The number of aromatic nitrogens is 2. The second-order valence-corrected chi connectivity index (χ2v) is 9.83. The van der Waals surface area contributed by atoms with E-state index in [9.17, 15) is 9.59 Å². The number of hydrogen-bond donors (Lipinski definition) is 0. The van der Waals surface area contributed by atoms with Crippen LogP contribution in [0.5, 0.6) is 0 Å². The fourth-order valence-electron chi connectivity index (χ4n) is 4.81. The summed E-state index contributed by atoms with van der Waals surface area (Å²) in [5, 5.41) is 0.854. The van der Waals surface area contributed by atoms with Gasteiger partial charge < -0.3 is 4.42 Å². The van der Waals surface area contributed by atoms with Gasteiger partial charge in [-0.15, -0.1) is 0 Å². The highest BCUT2D eigenvalue weighted by molar-refractivity contribution is 9.10. The highest BCUT2D eigenvalue weighted by atomic mass is 79.9. The summed E-state index contributed by atoms with van der Waals surface area (Å²) in [7, 11) is 0. The second kappa shape index (κ2) is 9.64. The molecule has 1 unspecified atom stereocenters. The quantitative estimate of drug-likeness (QED) is 0.139. The largest absolute Gasteiger partial charge is 0.422 e. The van der Waals surface area contributed by atoms with Crippen LogP contribution in [0.2, 0.25) is 0 Å². The molecule has 0 spiro atoms. The summed E-state index contributed by atoms with van der Waals surface area (Å²) in [4.78, 5) is 26.5. The maximum atomic E-state index is 13.3. The van der Waals surface area contributed by atoms with Gasteiger partial charge >= 0.3 is 5.63 Å². The minimum Gasteiger partial charge on any atom is -0.422 e. The molecule has 6 aromatic rings. The molecule has 0 saturated carbocycles. The lowest BCUT2D eigenvalue weighted by Gasteiger charge is -2.15. The number of benzene rings is 4. The summed E-state index contributed by atoms with van der Waals surface area (Å²) in [6, 6.07) is 34.1. The Morgan fingerprint density at radius 3 is 2.38 bits per heavy atom. The maximum absolute atomic E-state index is 13.3. The summed E-state index contributed by atoms with van der Waals surface area (Å²) >= 11 is 3.43. The Morgan fingerprint density at radius 1 is 0.865 bits per heavy atom. The van der Waals surface area contributed by atoms with Gasteiger partial charge in [-0.1, -0.05) is 88.7 Å². The van der Waals surface area contributed by atoms with Crippen LogP contribution in [0.25, 0.3) is 22.0 Å². The summed E-state index contributed by atoms with van der Waals surface area (Å²) in [5.74, 6) is 0.00174. The number of para-hydroxylation sites is 3. The van der Waals surface area contributed by atoms with E-state index in [2.05, 4.69) is 20.5 Å². The molecular formula is C31H22BrN2O3+. The molecule has 2 heterocycles. The molecule has 6 heteroatoms. The molecule has 5 nitrogen and oxygen atoms in total. The predicted molar refractivity (Wildman–Crippen MR) is 147 cm³/mol. The summed E-state index contributed by atoms with van der Waals surface area (Å²) < 4.78 is 10.7. The van der Waals surface area contributed by atoms with E-state index in [-0.39, 0.29) is 18.0 Å². The molecule has 0 aliphatic carbocycles. The van der Waals surface area contributed by atoms with Crippen molar-refractivity contribution in [2.45, 2.75) is 12.6 Å². The number of fused-ring (bicyclic) bond motifs is 2. The zero-order valence-corrected chi connectivity index (χ0v) is 21.3. The van der Waals surface area contributed by atoms with Crippen molar-refractivity contribution in [3.63, 3.8) is 0 Å². The molecule has 0 amide bonds. The first kappa shape index (κ1) is 23.1. The van der Waals surface area contributed by atoms with Crippen molar-refractivity contribution in [1.29, 1.82) is 0 Å². The van der Waals surface area contributed by atoms with Crippen molar-refractivity contribution in [2.24, 2.45) is 0 Å². The van der Waals surface area contributed by atoms with Crippen LogP contribution in [0.4, 0.5) is 0 Å². The van der Waals surface area contributed by atoms with Crippen LogP contribution in [0.3, 0.4) is 0 Å². The number of rotatable bonds is 6. The van der Waals surface area contributed by atoms with Gasteiger partial charge in [-0.05, 0) is 36.4 Å². The molecule has 4 aromatic carbocycles. The third-order valence-electron chi connectivity index (χ3n) is 6.57. The van der Waals surface area contributed by atoms with E-state index >= 15 is 0 Å². The molecule has 2 aromatic heterocycles.